The first kappa shape index (κ1) is 18.8. The Labute approximate surface area is 139 Å². The average molecular weight is 347 g/mol. The van der Waals surface area contributed by atoms with Crippen LogP contribution in [0.4, 0.5) is 13.2 Å². The van der Waals surface area contributed by atoms with Crippen molar-refractivity contribution < 1.29 is 22.7 Å². The molecule has 0 aromatic carbocycles. The number of carbonyl (C=O) groups is 1. The number of carbonyl (C=O) groups excluding carboxylic acids is 1. The second-order valence-electron chi connectivity index (χ2n) is 5.89. The van der Waals surface area contributed by atoms with E-state index in [0.29, 0.717) is 44.7 Å². The molecule has 1 aromatic rings. The van der Waals surface area contributed by atoms with Crippen LogP contribution in [0.1, 0.15) is 49.6 Å². The summed E-state index contributed by atoms with van der Waals surface area (Å²) in [6, 6.07) is 0. The fourth-order valence-electron chi connectivity index (χ4n) is 2.94. The molecule has 1 aromatic heterocycles. The van der Waals surface area contributed by atoms with Crippen LogP contribution in [-0.2, 0) is 35.1 Å². The van der Waals surface area contributed by atoms with Crippen LogP contribution in [0.2, 0.25) is 0 Å². The fourth-order valence-corrected chi connectivity index (χ4v) is 2.94. The van der Waals surface area contributed by atoms with Crippen LogP contribution < -0.4 is 5.32 Å². The molecule has 0 unspecified atom stereocenters. The Morgan fingerprint density at radius 2 is 2.04 bits per heavy atom. The number of nitrogens with zero attached hydrogens (tertiary/aromatic N) is 2. The Bertz CT molecular complexity index is 555. The molecule has 1 heterocycles. The van der Waals surface area contributed by atoms with Gasteiger partial charge in [-0.05, 0) is 39.0 Å². The van der Waals surface area contributed by atoms with E-state index < -0.39 is 11.9 Å². The molecule has 0 fully saturated rings. The van der Waals surface area contributed by atoms with Gasteiger partial charge in [-0.2, -0.15) is 18.3 Å². The van der Waals surface area contributed by atoms with E-state index in [0.717, 1.165) is 19.3 Å². The molecule has 0 radical (unpaired) electrons. The third-order valence-electron chi connectivity index (χ3n) is 4.06. The van der Waals surface area contributed by atoms with Crippen molar-refractivity contribution in [2.75, 3.05) is 19.8 Å². The van der Waals surface area contributed by atoms with E-state index in [-0.39, 0.29) is 18.0 Å². The molecule has 1 amide bonds. The molecule has 0 aliphatic heterocycles. The number of ether oxygens (including phenoxy) is 1. The lowest BCUT2D eigenvalue weighted by Crippen LogP contribution is -2.30. The molecule has 1 aliphatic carbocycles. The Morgan fingerprint density at radius 1 is 1.29 bits per heavy atom. The van der Waals surface area contributed by atoms with Gasteiger partial charge in [0.2, 0.25) is 5.91 Å². The normalized spacial score (nSPS) is 15.0. The van der Waals surface area contributed by atoms with Crippen molar-refractivity contribution in [3.8, 4) is 0 Å². The topological polar surface area (TPSA) is 56.1 Å². The largest absolute Gasteiger partial charge is 0.435 e. The maximum absolute atomic E-state index is 13.2. The van der Waals surface area contributed by atoms with Gasteiger partial charge in [0.1, 0.15) is 6.54 Å². The quantitative estimate of drug-likeness (QED) is 0.609. The van der Waals surface area contributed by atoms with Crippen LogP contribution in [0.15, 0.2) is 0 Å². The number of hydrogen-bond acceptors (Lipinski definition) is 3. The molecule has 24 heavy (non-hydrogen) atoms. The highest BCUT2D eigenvalue weighted by Gasteiger charge is 2.39. The molecule has 2 rings (SSSR count). The van der Waals surface area contributed by atoms with Gasteiger partial charge >= 0.3 is 6.18 Å². The van der Waals surface area contributed by atoms with Crippen molar-refractivity contribution in [2.45, 2.75) is 58.2 Å². The number of fused-ring (bicyclic) bond motifs is 1. The van der Waals surface area contributed by atoms with E-state index in [9.17, 15) is 18.0 Å². The van der Waals surface area contributed by atoms with Gasteiger partial charge in [0, 0.05) is 31.0 Å². The minimum atomic E-state index is -4.48. The van der Waals surface area contributed by atoms with E-state index in [2.05, 4.69) is 10.4 Å². The standard InChI is InChI=1S/C16H24F3N3O2/c1-2-24-10-6-9-20-14(23)11-22-13-8-5-3-4-7-12(13)15(21-22)16(17,18)19/h2-11H2,1H3,(H,20,23). The van der Waals surface area contributed by atoms with Gasteiger partial charge in [-0.15, -0.1) is 0 Å². The number of alkyl halides is 3. The van der Waals surface area contributed by atoms with Gasteiger partial charge in [0.05, 0.1) is 0 Å². The molecule has 8 heteroatoms. The van der Waals surface area contributed by atoms with Gasteiger partial charge in [-0.1, -0.05) is 6.42 Å². The number of amides is 1. The van der Waals surface area contributed by atoms with Crippen molar-refractivity contribution in [3.05, 3.63) is 17.0 Å². The van der Waals surface area contributed by atoms with E-state index >= 15 is 0 Å². The van der Waals surface area contributed by atoms with Crippen LogP contribution in [0.5, 0.6) is 0 Å². The van der Waals surface area contributed by atoms with Crippen molar-refractivity contribution in [1.29, 1.82) is 0 Å². The fraction of sp³-hybridized carbons (Fsp3) is 0.750. The Balaban J connectivity index is 2.04. The lowest BCUT2D eigenvalue weighted by atomic mass is 10.1. The Kier molecular flexibility index (Phi) is 6.65. The maximum atomic E-state index is 13.2. The molecule has 5 nitrogen and oxygen atoms in total. The van der Waals surface area contributed by atoms with Crippen LogP contribution >= 0.6 is 0 Å². The zero-order valence-electron chi connectivity index (χ0n) is 13.9. The second-order valence-corrected chi connectivity index (χ2v) is 5.89. The molecule has 0 saturated heterocycles. The summed E-state index contributed by atoms with van der Waals surface area (Å²) in [7, 11) is 0. The van der Waals surface area contributed by atoms with E-state index in [1.807, 2.05) is 6.92 Å². The van der Waals surface area contributed by atoms with Crippen molar-refractivity contribution in [2.24, 2.45) is 0 Å². The molecule has 0 atom stereocenters. The SMILES string of the molecule is CCOCCCNC(=O)Cn1nc(C(F)(F)F)c2c1CCCCC2. The number of halogens is 3. The lowest BCUT2D eigenvalue weighted by molar-refractivity contribution is -0.142. The van der Waals surface area contributed by atoms with Gasteiger partial charge in [0.15, 0.2) is 5.69 Å². The van der Waals surface area contributed by atoms with E-state index in [4.69, 9.17) is 4.74 Å². The summed E-state index contributed by atoms with van der Waals surface area (Å²) < 4.78 is 46.0. The Hall–Kier alpha value is -1.57. The number of aromatic nitrogens is 2. The van der Waals surface area contributed by atoms with E-state index in [1.165, 1.54) is 4.68 Å². The van der Waals surface area contributed by atoms with Crippen molar-refractivity contribution >= 4 is 5.91 Å². The summed E-state index contributed by atoms with van der Waals surface area (Å²) >= 11 is 0. The summed E-state index contributed by atoms with van der Waals surface area (Å²) in [4.78, 5) is 12.0. The number of rotatable bonds is 7. The van der Waals surface area contributed by atoms with Gasteiger partial charge in [-0.25, -0.2) is 0 Å². The average Bonchev–Trinajstić information content (AvgIpc) is 2.70. The van der Waals surface area contributed by atoms with Crippen LogP contribution in [0, 0.1) is 0 Å². The second kappa shape index (κ2) is 8.50. The van der Waals surface area contributed by atoms with Crippen LogP contribution in [0.3, 0.4) is 0 Å². The Morgan fingerprint density at radius 3 is 2.75 bits per heavy atom. The third kappa shape index (κ3) is 4.96. The van der Waals surface area contributed by atoms with E-state index in [1.54, 1.807) is 0 Å². The summed E-state index contributed by atoms with van der Waals surface area (Å²) in [6.07, 6.45) is -0.443. The summed E-state index contributed by atoms with van der Waals surface area (Å²) in [6.45, 7) is 3.32. The highest BCUT2D eigenvalue weighted by Crippen LogP contribution is 2.35. The molecular formula is C16H24F3N3O2. The highest BCUT2D eigenvalue weighted by molar-refractivity contribution is 5.75. The molecule has 0 spiro atoms. The van der Waals surface area contributed by atoms with Crippen LogP contribution in [-0.4, -0.2) is 35.4 Å². The predicted octanol–water partition coefficient (Wildman–Crippen LogP) is 2.71. The monoisotopic (exact) mass is 347 g/mol. The van der Waals surface area contributed by atoms with Gasteiger partial charge < -0.3 is 10.1 Å². The third-order valence-corrected chi connectivity index (χ3v) is 4.06. The minimum absolute atomic E-state index is 0.174. The lowest BCUT2D eigenvalue weighted by Gasteiger charge is -2.08. The van der Waals surface area contributed by atoms with Gasteiger partial charge in [0.25, 0.3) is 0 Å². The molecule has 136 valence electrons. The highest BCUT2D eigenvalue weighted by atomic mass is 19.4. The number of hydrogen-bond donors (Lipinski definition) is 1. The smallest absolute Gasteiger partial charge is 0.382 e. The summed E-state index contributed by atoms with van der Waals surface area (Å²) in [5.74, 6) is -0.324. The maximum Gasteiger partial charge on any atom is 0.435 e. The number of nitrogens with one attached hydrogen (secondary N) is 1. The first-order valence-electron chi connectivity index (χ1n) is 8.43. The predicted molar refractivity (Wildman–Crippen MR) is 82.6 cm³/mol. The first-order chi connectivity index (χ1) is 11.4. The molecule has 0 saturated carbocycles. The molecule has 1 N–H and O–H groups in total. The minimum Gasteiger partial charge on any atom is -0.382 e. The van der Waals surface area contributed by atoms with Crippen molar-refractivity contribution in [1.82, 2.24) is 15.1 Å². The molecular weight excluding hydrogens is 323 g/mol. The summed E-state index contributed by atoms with van der Waals surface area (Å²) in [5.41, 5.74) is -0.00279. The van der Waals surface area contributed by atoms with Crippen molar-refractivity contribution in [3.63, 3.8) is 0 Å². The van der Waals surface area contributed by atoms with Gasteiger partial charge in [-0.3, -0.25) is 9.48 Å². The zero-order valence-corrected chi connectivity index (χ0v) is 13.9. The van der Waals surface area contributed by atoms with Crippen LogP contribution in [0.25, 0.3) is 0 Å². The summed E-state index contributed by atoms with van der Waals surface area (Å²) in [5, 5.41) is 6.41. The zero-order chi connectivity index (χ0) is 17.6. The molecule has 1 aliphatic rings. The first-order valence-corrected chi connectivity index (χ1v) is 8.43. The molecule has 0 bridgehead atoms.